The first-order valence-electron chi connectivity index (χ1n) is 16.6. The minimum atomic E-state index is -0.555. The Morgan fingerprint density at radius 1 is 0.578 bits per heavy atom. The fourth-order valence-electron chi connectivity index (χ4n) is 7.08. The predicted molar refractivity (Wildman–Crippen MR) is 196 cm³/mol. The van der Waals surface area contributed by atoms with Gasteiger partial charge in [-0.2, -0.15) is 0 Å². The van der Waals surface area contributed by atoms with Crippen LogP contribution in [-0.4, -0.2) is 24.4 Å². The van der Waals surface area contributed by atoms with E-state index in [0.717, 1.165) is 32.7 Å². The molecule has 0 N–H and O–H groups in total. The molecule has 0 aliphatic rings. The van der Waals surface area contributed by atoms with Crippen LogP contribution < -0.4 is 0 Å². The van der Waals surface area contributed by atoms with Crippen molar-refractivity contribution in [3.05, 3.63) is 71.1 Å². The maximum Gasteiger partial charge on any atom is 0.133 e. The summed E-state index contributed by atoms with van der Waals surface area (Å²) < 4.78 is 14.2. The van der Waals surface area contributed by atoms with Crippen molar-refractivity contribution in [3.63, 3.8) is 0 Å². The first kappa shape index (κ1) is 33.0. The van der Waals surface area contributed by atoms with E-state index in [1.165, 1.54) is 20.9 Å². The van der Waals surface area contributed by atoms with Gasteiger partial charge in [-0.05, 0) is 106 Å². The summed E-state index contributed by atoms with van der Waals surface area (Å²) in [5.41, 5.74) is 0.974. The van der Waals surface area contributed by atoms with Crippen LogP contribution in [0.25, 0.3) is 42.4 Å². The number of hydrogen-bond donors (Lipinski definition) is 0. The summed E-state index contributed by atoms with van der Waals surface area (Å²) in [7, 11) is 0. The predicted octanol–water partition coefficient (Wildman–Crippen LogP) is 11.2. The van der Waals surface area contributed by atoms with Crippen LogP contribution in [0.15, 0.2) is 60.0 Å². The number of hydrogen-bond acceptors (Lipinski definition) is 3. The second kappa shape index (κ2) is 13.2. The van der Waals surface area contributed by atoms with Gasteiger partial charge in [0.2, 0.25) is 0 Å². The monoisotopic (exact) mass is 616 g/mol. The molecule has 0 saturated carbocycles. The number of fused-ring (bicyclic) bond motifs is 4. The molecule has 0 unspecified atom stereocenters. The van der Waals surface area contributed by atoms with E-state index in [2.05, 4.69) is 153 Å². The molecule has 5 aromatic rings. The Balaban J connectivity index is 1.98. The highest BCUT2D eigenvalue weighted by Gasteiger charge is 2.37. The number of benzene rings is 4. The van der Waals surface area contributed by atoms with Crippen molar-refractivity contribution in [3.8, 4) is 23.7 Å². The molecule has 0 radical (unpaired) electrons. The van der Waals surface area contributed by atoms with Gasteiger partial charge in [0.15, 0.2) is 0 Å². The lowest BCUT2D eigenvalue weighted by Gasteiger charge is -2.36. The molecule has 1 aromatic heterocycles. The van der Waals surface area contributed by atoms with Crippen LogP contribution in [0.5, 0.6) is 0 Å². The molecule has 4 aromatic carbocycles. The fourth-order valence-corrected chi connectivity index (χ4v) is 7.89. The molecular weight excluding hydrogens is 569 g/mol. The minimum Gasteiger partial charge on any atom is -0.362 e. The van der Waals surface area contributed by atoms with Gasteiger partial charge in [-0.1, -0.05) is 103 Å². The molecule has 0 spiro atoms. The molecule has 1 heterocycles. The Kier molecular flexibility index (Phi) is 9.68. The standard InChI is InChI=1S/C42H48O2S/c1-11-43-41(27(3)4,28(5)6)20-17-34-36-23-31-15-13-14-16-32(31)24-37(36)35(18-21-42(29(7)8,30(9)10)44-12-2)39-26-40-33(19-22-45-40)25-38(34)39/h13-16,19,22-30H,11-12H2,1-10H3. The van der Waals surface area contributed by atoms with E-state index in [-0.39, 0.29) is 23.7 Å². The molecule has 0 atom stereocenters. The van der Waals surface area contributed by atoms with Crippen LogP contribution in [0, 0.1) is 47.4 Å². The smallest absolute Gasteiger partial charge is 0.133 e. The quantitative estimate of drug-likeness (QED) is 0.128. The van der Waals surface area contributed by atoms with Gasteiger partial charge in [0.25, 0.3) is 0 Å². The summed E-state index contributed by atoms with van der Waals surface area (Å²) in [5.74, 6) is 15.9. The molecule has 0 bridgehead atoms. The summed E-state index contributed by atoms with van der Waals surface area (Å²) >= 11 is 1.77. The van der Waals surface area contributed by atoms with Gasteiger partial charge in [-0.25, -0.2) is 0 Å². The molecule has 0 aliphatic carbocycles. The van der Waals surface area contributed by atoms with Gasteiger partial charge in [-0.15, -0.1) is 11.3 Å². The zero-order valence-corrected chi connectivity index (χ0v) is 29.5. The molecule has 0 saturated heterocycles. The third-order valence-electron chi connectivity index (χ3n) is 9.52. The Morgan fingerprint density at radius 3 is 1.38 bits per heavy atom. The highest BCUT2D eigenvalue weighted by atomic mass is 32.1. The van der Waals surface area contributed by atoms with Crippen LogP contribution in [0.2, 0.25) is 0 Å². The summed E-state index contributed by atoms with van der Waals surface area (Å²) in [4.78, 5) is 0. The topological polar surface area (TPSA) is 18.5 Å². The highest BCUT2D eigenvalue weighted by molar-refractivity contribution is 7.17. The van der Waals surface area contributed by atoms with Gasteiger partial charge >= 0.3 is 0 Å². The summed E-state index contributed by atoms with van der Waals surface area (Å²) in [5, 5.41) is 10.3. The van der Waals surface area contributed by atoms with Gasteiger partial charge < -0.3 is 9.47 Å². The third kappa shape index (κ3) is 5.88. The van der Waals surface area contributed by atoms with Crippen LogP contribution in [-0.2, 0) is 9.47 Å². The van der Waals surface area contributed by atoms with Crippen molar-refractivity contribution in [1.82, 2.24) is 0 Å². The Hall–Kier alpha value is -3.34. The lowest BCUT2D eigenvalue weighted by atomic mass is 9.79. The first-order valence-corrected chi connectivity index (χ1v) is 17.5. The summed E-state index contributed by atoms with van der Waals surface area (Å²) in [6.45, 7) is 23.1. The molecule has 45 heavy (non-hydrogen) atoms. The van der Waals surface area contributed by atoms with E-state index in [9.17, 15) is 0 Å². The van der Waals surface area contributed by atoms with Gasteiger partial charge in [0.1, 0.15) is 11.2 Å². The average molecular weight is 617 g/mol. The largest absolute Gasteiger partial charge is 0.362 e. The van der Waals surface area contributed by atoms with Crippen LogP contribution in [0.4, 0.5) is 0 Å². The fraction of sp³-hybridized carbons (Fsp3) is 0.429. The van der Waals surface area contributed by atoms with Gasteiger partial charge in [0.05, 0.1) is 0 Å². The second-order valence-corrected chi connectivity index (χ2v) is 14.4. The molecule has 5 rings (SSSR count). The second-order valence-electron chi connectivity index (χ2n) is 13.4. The van der Waals surface area contributed by atoms with Crippen molar-refractivity contribution < 1.29 is 9.47 Å². The van der Waals surface area contributed by atoms with Gasteiger partial charge in [-0.3, -0.25) is 0 Å². The molecule has 0 fully saturated rings. The normalized spacial score (nSPS) is 12.6. The molecule has 2 nitrogen and oxygen atoms in total. The van der Waals surface area contributed by atoms with Gasteiger partial charge in [0, 0.05) is 34.4 Å². The molecule has 3 heteroatoms. The lowest BCUT2D eigenvalue weighted by molar-refractivity contribution is -0.0594. The van der Waals surface area contributed by atoms with Crippen molar-refractivity contribution >= 4 is 53.7 Å². The van der Waals surface area contributed by atoms with Crippen molar-refractivity contribution in [1.29, 1.82) is 0 Å². The zero-order chi connectivity index (χ0) is 32.5. The van der Waals surface area contributed by atoms with Crippen molar-refractivity contribution in [2.75, 3.05) is 13.2 Å². The number of ether oxygens (including phenoxy) is 2. The molecule has 0 aliphatic heterocycles. The highest BCUT2D eigenvalue weighted by Crippen LogP contribution is 2.39. The third-order valence-corrected chi connectivity index (χ3v) is 10.4. The van der Waals surface area contributed by atoms with E-state index in [1.54, 1.807) is 11.3 Å². The number of thiophene rings is 1. The minimum absolute atomic E-state index is 0.232. The van der Waals surface area contributed by atoms with Crippen molar-refractivity contribution in [2.45, 2.75) is 80.4 Å². The van der Waals surface area contributed by atoms with E-state index in [1.807, 2.05) is 0 Å². The van der Waals surface area contributed by atoms with Crippen LogP contribution >= 0.6 is 11.3 Å². The van der Waals surface area contributed by atoms with Crippen molar-refractivity contribution in [2.24, 2.45) is 23.7 Å². The maximum absolute atomic E-state index is 6.49. The van der Waals surface area contributed by atoms with E-state index in [0.29, 0.717) is 13.2 Å². The number of rotatable bonds is 8. The molecule has 0 amide bonds. The SMILES string of the molecule is CCOC(C#Cc1c2cc3ccccc3cc2c(C#CC(OCC)(C(C)C)C(C)C)c2cc3sccc3cc12)(C(C)C)C(C)C. The van der Waals surface area contributed by atoms with E-state index >= 15 is 0 Å². The van der Waals surface area contributed by atoms with Crippen LogP contribution in [0.3, 0.4) is 0 Å². The first-order chi connectivity index (χ1) is 21.5. The van der Waals surface area contributed by atoms with E-state index < -0.39 is 11.2 Å². The van der Waals surface area contributed by atoms with Crippen LogP contribution in [0.1, 0.15) is 80.4 Å². The average Bonchev–Trinajstić information content (AvgIpc) is 3.46. The summed E-state index contributed by atoms with van der Waals surface area (Å²) in [6, 6.07) is 20.1. The Labute approximate surface area is 274 Å². The molecule has 234 valence electrons. The molecular formula is C42H48O2S. The van der Waals surface area contributed by atoms with E-state index in [4.69, 9.17) is 9.47 Å². The lowest BCUT2D eigenvalue weighted by Crippen LogP contribution is -2.42. The zero-order valence-electron chi connectivity index (χ0n) is 28.7. The Bertz CT molecular complexity index is 1810. The maximum atomic E-state index is 6.49. The summed E-state index contributed by atoms with van der Waals surface area (Å²) in [6.07, 6.45) is 0. The Morgan fingerprint density at radius 2 is 0.978 bits per heavy atom.